The van der Waals surface area contributed by atoms with Crippen molar-refractivity contribution in [2.24, 2.45) is 0 Å². The summed E-state index contributed by atoms with van der Waals surface area (Å²) < 4.78 is 5.95. The second-order valence-electron chi connectivity index (χ2n) is 5.89. The standard InChI is InChI=1S/C14H29N3O/c1-4-5-17(13-8-15-9-13)11-14-10-16(12(2)3)6-7-18-14/h12-15H,4-11H2,1-3H3. The number of hydrogen-bond donors (Lipinski definition) is 1. The van der Waals surface area contributed by atoms with E-state index in [9.17, 15) is 0 Å². The Bertz CT molecular complexity index is 243. The predicted molar refractivity (Wildman–Crippen MR) is 75.0 cm³/mol. The molecule has 2 aliphatic heterocycles. The van der Waals surface area contributed by atoms with Gasteiger partial charge in [0, 0.05) is 44.8 Å². The Labute approximate surface area is 112 Å². The van der Waals surface area contributed by atoms with Crippen molar-refractivity contribution >= 4 is 0 Å². The van der Waals surface area contributed by atoms with Gasteiger partial charge in [0.1, 0.15) is 0 Å². The fraction of sp³-hybridized carbons (Fsp3) is 1.00. The Hall–Kier alpha value is -0.160. The van der Waals surface area contributed by atoms with E-state index >= 15 is 0 Å². The zero-order valence-electron chi connectivity index (χ0n) is 12.2. The molecule has 4 heteroatoms. The average Bonchev–Trinajstić information content (AvgIpc) is 2.27. The first-order valence-corrected chi connectivity index (χ1v) is 7.51. The van der Waals surface area contributed by atoms with Gasteiger partial charge in [-0.3, -0.25) is 9.80 Å². The second kappa shape index (κ2) is 6.85. The van der Waals surface area contributed by atoms with Crippen LogP contribution in [0.1, 0.15) is 27.2 Å². The molecule has 2 fully saturated rings. The van der Waals surface area contributed by atoms with Crippen LogP contribution in [0.4, 0.5) is 0 Å². The summed E-state index contributed by atoms with van der Waals surface area (Å²) in [6, 6.07) is 1.38. The third-order valence-corrected chi connectivity index (χ3v) is 4.13. The van der Waals surface area contributed by atoms with Gasteiger partial charge in [-0.2, -0.15) is 0 Å². The third-order valence-electron chi connectivity index (χ3n) is 4.13. The van der Waals surface area contributed by atoms with Crippen molar-refractivity contribution in [1.82, 2.24) is 15.1 Å². The molecule has 4 nitrogen and oxygen atoms in total. The van der Waals surface area contributed by atoms with Crippen molar-refractivity contribution in [3.8, 4) is 0 Å². The van der Waals surface area contributed by atoms with Crippen molar-refractivity contribution in [2.45, 2.75) is 45.4 Å². The molecule has 0 aromatic carbocycles. The Kier molecular flexibility index (Phi) is 5.42. The van der Waals surface area contributed by atoms with E-state index < -0.39 is 0 Å². The number of morpholine rings is 1. The number of rotatable bonds is 6. The van der Waals surface area contributed by atoms with Crippen LogP contribution in [0.3, 0.4) is 0 Å². The van der Waals surface area contributed by atoms with E-state index in [0.717, 1.165) is 45.4 Å². The molecule has 0 aromatic rings. The lowest BCUT2D eigenvalue weighted by Crippen LogP contribution is -2.60. The molecule has 2 heterocycles. The minimum absolute atomic E-state index is 0.397. The maximum Gasteiger partial charge on any atom is 0.0829 e. The van der Waals surface area contributed by atoms with Crippen LogP contribution in [-0.4, -0.2) is 73.9 Å². The summed E-state index contributed by atoms with van der Waals surface area (Å²) in [7, 11) is 0. The number of nitrogens with one attached hydrogen (secondary N) is 1. The smallest absolute Gasteiger partial charge is 0.0829 e. The molecule has 0 amide bonds. The highest BCUT2D eigenvalue weighted by Gasteiger charge is 2.29. The van der Waals surface area contributed by atoms with Crippen LogP contribution in [0.5, 0.6) is 0 Å². The minimum Gasteiger partial charge on any atom is -0.374 e. The highest BCUT2D eigenvalue weighted by molar-refractivity contribution is 4.87. The number of ether oxygens (including phenoxy) is 1. The molecule has 0 saturated carbocycles. The van der Waals surface area contributed by atoms with Crippen molar-refractivity contribution < 1.29 is 4.74 Å². The minimum atomic E-state index is 0.397. The second-order valence-corrected chi connectivity index (χ2v) is 5.89. The summed E-state index contributed by atoms with van der Waals surface area (Å²) in [4.78, 5) is 5.16. The molecule has 0 bridgehead atoms. The quantitative estimate of drug-likeness (QED) is 0.759. The van der Waals surface area contributed by atoms with Gasteiger partial charge in [-0.1, -0.05) is 6.92 Å². The van der Waals surface area contributed by atoms with Gasteiger partial charge in [0.25, 0.3) is 0 Å². The summed E-state index contributed by atoms with van der Waals surface area (Å²) >= 11 is 0. The van der Waals surface area contributed by atoms with Gasteiger partial charge in [0.2, 0.25) is 0 Å². The molecule has 2 aliphatic rings. The van der Waals surface area contributed by atoms with Crippen molar-refractivity contribution in [1.29, 1.82) is 0 Å². The van der Waals surface area contributed by atoms with Crippen LogP contribution in [0, 0.1) is 0 Å². The normalized spacial score (nSPS) is 26.8. The van der Waals surface area contributed by atoms with Crippen LogP contribution in [0.25, 0.3) is 0 Å². The zero-order chi connectivity index (χ0) is 13.0. The molecule has 1 atom stereocenters. The van der Waals surface area contributed by atoms with Gasteiger partial charge >= 0.3 is 0 Å². The molecule has 1 unspecified atom stereocenters. The maximum absolute atomic E-state index is 5.95. The molecule has 2 saturated heterocycles. The molecule has 0 aromatic heterocycles. The first-order chi connectivity index (χ1) is 8.70. The van der Waals surface area contributed by atoms with Crippen molar-refractivity contribution in [3.05, 3.63) is 0 Å². The highest BCUT2D eigenvalue weighted by Crippen LogP contribution is 2.13. The summed E-state index contributed by atoms with van der Waals surface area (Å²) in [5.41, 5.74) is 0. The predicted octanol–water partition coefficient (Wildman–Crippen LogP) is 0.779. The van der Waals surface area contributed by atoms with E-state index in [4.69, 9.17) is 4.74 Å². The lowest BCUT2D eigenvalue weighted by atomic mass is 10.1. The van der Waals surface area contributed by atoms with Gasteiger partial charge < -0.3 is 10.1 Å². The molecule has 0 aliphatic carbocycles. The Morgan fingerprint density at radius 3 is 2.72 bits per heavy atom. The lowest BCUT2D eigenvalue weighted by molar-refractivity contribution is -0.0595. The molecule has 18 heavy (non-hydrogen) atoms. The van der Waals surface area contributed by atoms with Crippen LogP contribution >= 0.6 is 0 Å². The summed E-state index contributed by atoms with van der Waals surface area (Å²) in [5, 5.41) is 3.37. The molecule has 2 rings (SSSR count). The van der Waals surface area contributed by atoms with Gasteiger partial charge in [-0.15, -0.1) is 0 Å². The van der Waals surface area contributed by atoms with Crippen molar-refractivity contribution in [3.63, 3.8) is 0 Å². The highest BCUT2D eigenvalue weighted by atomic mass is 16.5. The zero-order valence-corrected chi connectivity index (χ0v) is 12.2. The molecule has 1 N–H and O–H groups in total. The van der Waals surface area contributed by atoms with Gasteiger partial charge in [0.05, 0.1) is 12.7 Å². The monoisotopic (exact) mass is 255 g/mol. The van der Waals surface area contributed by atoms with Crippen molar-refractivity contribution in [2.75, 3.05) is 45.9 Å². The van der Waals surface area contributed by atoms with E-state index in [0.29, 0.717) is 12.1 Å². The van der Waals surface area contributed by atoms with Crippen LogP contribution < -0.4 is 5.32 Å². The molecular formula is C14H29N3O. The van der Waals surface area contributed by atoms with Gasteiger partial charge in [0.15, 0.2) is 0 Å². The van der Waals surface area contributed by atoms with Crippen LogP contribution in [-0.2, 0) is 4.74 Å². The molecule has 0 radical (unpaired) electrons. The fourth-order valence-electron chi connectivity index (χ4n) is 2.82. The molecule has 0 spiro atoms. The van der Waals surface area contributed by atoms with Crippen LogP contribution in [0.2, 0.25) is 0 Å². The summed E-state index contributed by atoms with van der Waals surface area (Å²) in [6.45, 7) is 14.5. The van der Waals surface area contributed by atoms with E-state index in [-0.39, 0.29) is 0 Å². The van der Waals surface area contributed by atoms with Gasteiger partial charge in [-0.05, 0) is 26.8 Å². The lowest BCUT2D eigenvalue weighted by Gasteiger charge is -2.42. The molecular weight excluding hydrogens is 226 g/mol. The van der Waals surface area contributed by atoms with E-state index in [1.54, 1.807) is 0 Å². The third kappa shape index (κ3) is 3.67. The largest absolute Gasteiger partial charge is 0.374 e. The first kappa shape index (κ1) is 14.3. The number of hydrogen-bond acceptors (Lipinski definition) is 4. The summed E-state index contributed by atoms with van der Waals surface area (Å²) in [6.07, 6.45) is 1.63. The van der Waals surface area contributed by atoms with E-state index in [2.05, 4.69) is 35.9 Å². The summed E-state index contributed by atoms with van der Waals surface area (Å²) in [5.74, 6) is 0. The topological polar surface area (TPSA) is 27.7 Å². The average molecular weight is 255 g/mol. The first-order valence-electron chi connectivity index (χ1n) is 7.51. The Balaban J connectivity index is 1.81. The SMILES string of the molecule is CCCN(CC1CN(C(C)C)CCO1)C1CNC1. The Morgan fingerprint density at radius 1 is 1.39 bits per heavy atom. The maximum atomic E-state index is 5.95. The van der Waals surface area contributed by atoms with Gasteiger partial charge in [-0.25, -0.2) is 0 Å². The number of nitrogens with zero attached hydrogens (tertiary/aromatic N) is 2. The fourth-order valence-corrected chi connectivity index (χ4v) is 2.82. The molecule has 106 valence electrons. The van der Waals surface area contributed by atoms with E-state index in [1.165, 1.54) is 13.0 Å². The Morgan fingerprint density at radius 2 is 2.17 bits per heavy atom. The van der Waals surface area contributed by atoms with E-state index in [1.807, 2.05) is 0 Å². The van der Waals surface area contributed by atoms with Crippen LogP contribution in [0.15, 0.2) is 0 Å².